The summed E-state index contributed by atoms with van der Waals surface area (Å²) >= 11 is 0. The monoisotopic (exact) mass is 268 g/mol. The first-order chi connectivity index (χ1) is 9.58. The van der Waals surface area contributed by atoms with Crippen molar-refractivity contribution in [3.05, 3.63) is 52.7 Å². The number of aliphatic hydroxyl groups is 1. The van der Waals surface area contributed by atoms with Gasteiger partial charge in [-0.3, -0.25) is 4.79 Å². The minimum absolute atomic E-state index is 0.0463. The van der Waals surface area contributed by atoms with Crippen molar-refractivity contribution in [1.82, 2.24) is 5.16 Å². The molecule has 5 heteroatoms. The number of fused-ring (bicyclic) bond motifs is 1. The maximum absolute atomic E-state index is 12.1. The molecular formula is C15H12N2O3. The normalized spacial score (nSPS) is 16.2. The smallest absolute Gasteiger partial charge is 0.254 e. The largest absolute Gasteiger partial charge is 0.507 e. The van der Waals surface area contributed by atoms with Gasteiger partial charge in [0.15, 0.2) is 0 Å². The number of benzene rings is 1. The first-order valence-corrected chi connectivity index (χ1v) is 6.14. The molecule has 20 heavy (non-hydrogen) atoms. The number of ketones is 1. The van der Waals surface area contributed by atoms with Crippen molar-refractivity contribution >= 4 is 23.1 Å². The fourth-order valence-corrected chi connectivity index (χ4v) is 2.04. The molecule has 0 saturated heterocycles. The van der Waals surface area contributed by atoms with Crippen LogP contribution in [0.25, 0.3) is 5.76 Å². The van der Waals surface area contributed by atoms with Crippen LogP contribution in [0.4, 0.5) is 5.88 Å². The van der Waals surface area contributed by atoms with E-state index >= 15 is 0 Å². The summed E-state index contributed by atoms with van der Waals surface area (Å²) in [7, 11) is 0. The Hall–Kier alpha value is -2.69. The Bertz CT molecular complexity index is 769. The third-order valence-electron chi connectivity index (χ3n) is 3.31. The van der Waals surface area contributed by atoms with Gasteiger partial charge in [-0.05, 0) is 13.8 Å². The van der Waals surface area contributed by atoms with Gasteiger partial charge in [0.05, 0.1) is 5.69 Å². The van der Waals surface area contributed by atoms with Gasteiger partial charge in [0.25, 0.3) is 5.88 Å². The lowest BCUT2D eigenvalue weighted by molar-refractivity contribution is -0.108. The molecule has 2 aromatic rings. The van der Waals surface area contributed by atoms with Gasteiger partial charge >= 0.3 is 0 Å². The summed E-state index contributed by atoms with van der Waals surface area (Å²) in [6, 6.07) is 7.06. The molecule has 0 aliphatic heterocycles. The number of aliphatic imine (C=N–C) groups is 1. The maximum Gasteiger partial charge on any atom is 0.254 e. The molecule has 0 unspecified atom stereocenters. The average molecular weight is 268 g/mol. The van der Waals surface area contributed by atoms with Gasteiger partial charge in [-0.25, -0.2) is 4.99 Å². The fraction of sp³-hybridized carbons (Fsp3) is 0.133. The average Bonchev–Trinajstić information content (AvgIpc) is 2.75. The maximum atomic E-state index is 12.1. The number of carbonyl (C=O) groups excluding carboxylic acids is 1. The van der Waals surface area contributed by atoms with Crippen LogP contribution in [-0.4, -0.2) is 21.8 Å². The number of allylic oxidation sites excluding steroid dienone is 1. The highest BCUT2D eigenvalue weighted by Gasteiger charge is 2.24. The number of hydrogen-bond donors (Lipinski definition) is 1. The molecule has 5 nitrogen and oxygen atoms in total. The molecule has 1 N–H and O–H groups in total. The summed E-state index contributed by atoms with van der Waals surface area (Å²) < 4.78 is 5.12. The molecule has 0 saturated carbocycles. The molecule has 0 bridgehead atoms. The summed E-state index contributed by atoms with van der Waals surface area (Å²) in [6.45, 7) is 3.64. The van der Waals surface area contributed by atoms with Crippen LogP contribution in [0, 0.1) is 13.8 Å². The molecule has 100 valence electrons. The molecule has 1 aliphatic rings. The molecule has 1 aliphatic carbocycles. The van der Waals surface area contributed by atoms with Crippen LogP contribution in [-0.2, 0) is 4.79 Å². The van der Waals surface area contributed by atoms with Crippen LogP contribution >= 0.6 is 0 Å². The Labute approximate surface area is 115 Å². The second-order valence-electron chi connectivity index (χ2n) is 4.60. The summed E-state index contributed by atoms with van der Waals surface area (Å²) in [4.78, 5) is 16.3. The number of hydrogen-bond acceptors (Lipinski definition) is 5. The van der Waals surface area contributed by atoms with E-state index in [0.29, 0.717) is 17.0 Å². The molecule has 1 aromatic carbocycles. The van der Waals surface area contributed by atoms with Gasteiger partial charge in [-0.2, -0.15) is 0 Å². The minimum atomic E-state index is -0.352. The van der Waals surface area contributed by atoms with E-state index in [9.17, 15) is 9.90 Å². The first kappa shape index (κ1) is 12.3. The van der Waals surface area contributed by atoms with Crippen LogP contribution in [0.5, 0.6) is 0 Å². The number of carbonyl (C=O) groups is 1. The van der Waals surface area contributed by atoms with Crippen LogP contribution in [0.2, 0.25) is 0 Å². The van der Waals surface area contributed by atoms with E-state index in [1.54, 1.807) is 24.3 Å². The lowest BCUT2D eigenvalue weighted by atomic mass is 9.93. The topological polar surface area (TPSA) is 75.7 Å². The standard InChI is InChI=1S/C15H12N2O3/c1-8-9(2)17-20-15(8)16-14-11-6-4-3-5-10(11)12(18)7-13(14)19/h3-7,18H,1-2H3. The van der Waals surface area contributed by atoms with Crippen molar-refractivity contribution in [2.45, 2.75) is 13.8 Å². The molecule has 0 amide bonds. The number of aliphatic hydroxyl groups excluding tert-OH is 1. The van der Waals surface area contributed by atoms with Crippen LogP contribution < -0.4 is 0 Å². The molecule has 0 spiro atoms. The summed E-state index contributed by atoms with van der Waals surface area (Å²) in [6.07, 6.45) is 1.17. The number of rotatable bonds is 1. The second kappa shape index (κ2) is 4.45. The van der Waals surface area contributed by atoms with Crippen molar-refractivity contribution in [2.24, 2.45) is 4.99 Å². The van der Waals surface area contributed by atoms with E-state index in [4.69, 9.17) is 4.52 Å². The van der Waals surface area contributed by atoms with Gasteiger partial charge in [0.1, 0.15) is 11.5 Å². The summed E-state index contributed by atoms with van der Waals surface area (Å²) in [5.74, 6) is -0.0832. The number of aromatic nitrogens is 1. The number of aryl methyl sites for hydroxylation is 1. The van der Waals surface area contributed by atoms with Gasteiger partial charge in [-0.15, -0.1) is 0 Å². The first-order valence-electron chi connectivity index (χ1n) is 6.14. The van der Waals surface area contributed by atoms with E-state index in [-0.39, 0.29) is 17.3 Å². The minimum Gasteiger partial charge on any atom is -0.507 e. The van der Waals surface area contributed by atoms with Gasteiger partial charge in [0, 0.05) is 22.8 Å². The zero-order valence-electron chi connectivity index (χ0n) is 11.0. The Kier molecular flexibility index (Phi) is 2.75. The molecular weight excluding hydrogens is 256 g/mol. The van der Waals surface area contributed by atoms with Crippen molar-refractivity contribution < 1.29 is 14.4 Å². The SMILES string of the molecule is Cc1noc(N=C2C(=O)C=C(O)c3ccccc32)c1C. The highest BCUT2D eigenvalue weighted by atomic mass is 16.5. The Morgan fingerprint density at radius 3 is 2.55 bits per heavy atom. The van der Waals surface area contributed by atoms with E-state index < -0.39 is 0 Å². The Morgan fingerprint density at radius 2 is 1.90 bits per heavy atom. The van der Waals surface area contributed by atoms with Gasteiger partial charge < -0.3 is 9.63 Å². The molecule has 1 heterocycles. The van der Waals surface area contributed by atoms with Gasteiger partial charge in [0.2, 0.25) is 5.78 Å². The van der Waals surface area contributed by atoms with E-state index in [1.807, 2.05) is 13.8 Å². The van der Waals surface area contributed by atoms with E-state index in [2.05, 4.69) is 10.1 Å². The molecule has 0 radical (unpaired) electrons. The summed E-state index contributed by atoms with van der Waals surface area (Å²) in [5.41, 5.74) is 2.95. The van der Waals surface area contributed by atoms with Crippen molar-refractivity contribution in [1.29, 1.82) is 0 Å². The third kappa shape index (κ3) is 1.84. The predicted molar refractivity (Wildman–Crippen MR) is 74.2 cm³/mol. The Morgan fingerprint density at radius 1 is 1.20 bits per heavy atom. The molecule has 0 fully saturated rings. The van der Waals surface area contributed by atoms with E-state index in [0.717, 1.165) is 11.3 Å². The Balaban J connectivity index is 2.19. The highest BCUT2D eigenvalue weighted by molar-refractivity contribution is 6.52. The molecule has 1 aromatic heterocycles. The molecule has 0 atom stereocenters. The van der Waals surface area contributed by atoms with Crippen molar-refractivity contribution in [3.63, 3.8) is 0 Å². The highest BCUT2D eigenvalue weighted by Crippen LogP contribution is 2.27. The van der Waals surface area contributed by atoms with E-state index in [1.165, 1.54) is 6.08 Å². The predicted octanol–water partition coefficient (Wildman–Crippen LogP) is 2.89. The van der Waals surface area contributed by atoms with Crippen LogP contribution in [0.3, 0.4) is 0 Å². The van der Waals surface area contributed by atoms with Crippen molar-refractivity contribution in [2.75, 3.05) is 0 Å². The zero-order chi connectivity index (χ0) is 14.3. The zero-order valence-corrected chi connectivity index (χ0v) is 11.0. The van der Waals surface area contributed by atoms with Crippen molar-refractivity contribution in [3.8, 4) is 0 Å². The quantitative estimate of drug-likeness (QED) is 0.862. The molecule has 3 rings (SSSR count). The van der Waals surface area contributed by atoms with Crippen LogP contribution in [0.1, 0.15) is 22.4 Å². The fourth-order valence-electron chi connectivity index (χ4n) is 2.04. The summed E-state index contributed by atoms with van der Waals surface area (Å²) in [5, 5.41) is 13.6. The second-order valence-corrected chi connectivity index (χ2v) is 4.60. The lowest BCUT2D eigenvalue weighted by Gasteiger charge is -2.14. The van der Waals surface area contributed by atoms with Gasteiger partial charge in [-0.1, -0.05) is 29.4 Å². The number of nitrogens with zero attached hydrogens (tertiary/aromatic N) is 2. The lowest BCUT2D eigenvalue weighted by Crippen LogP contribution is -2.19. The van der Waals surface area contributed by atoms with Crippen LogP contribution in [0.15, 0.2) is 39.9 Å². The third-order valence-corrected chi connectivity index (χ3v) is 3.31.